The van der Waals surface area contributed by atoms with Crippen molar-refractivity contribution in [2.45, 2.75) is 32.7 Å². The van der Waals surface area contributed by atoms with Crippen LogP contribution in [0, 0.1) is 0 Å². The topological polar surface area (TPSA) is 12.5 Å². The molecule has 0 fully saturated rings. The van der Waals surface area contributed by atoms with Crippen molar-refractivity contribution >= 4 is 5.69 Å². The van der Waals surface area contributed by atoms with E-state index in [4.69, 9.17) is 4.74 Å². The molecule has 0 amide bonds. The Morgan fingerprint density at radius 3 is 2.70 bits per heavy atom. The fourth-order valence-corrected chi connectivity index (χ4v) is 2.61. The van der Waals surface area contributed by atoms with Crippen molar-refractivity contribution in [3.63, 3.8) is 0 Å². The Morgan fingerprint density at radius 1 is 1.15 bits per heavy atom. The van der Waals surface area contributed by atoms with E-state index in [0.717, 1.165) is 12.3 Å². The highest BCUT2D eigenvalue weighted by Crippen LogP contribution is 2.31. The minimum atomic E-state index is 0.604. The summed E-state index contributed by atoms with van der Waals surface area (Å²) in [5.74, 6) is 1.64. The number of hydrogen-bond donors (Lipinski definition) is 0. The predicted molar refractivity (Wildman–Crippen MR) is 83.3 cm³/mol. The molecule has 0 aromatic heterocycles. The fourth-order valence-electron chi connectivity index (χ4n) is 2.61. The van der Waals surface area contributed by atoms with Crippen molar-refractivity contribution < 1.29 is 4.74 Å². The summed E-state index contributed by atoms with van der Waals surface area (Å²) in [6.45, 7) is 6.06. The SMILES string of the molecule is CCC(C)c1ccc2c(c1)CN(c1ccccc1)CO2. The molecule has 2 aromatic carbocycles. The van der Waals surface area contributed by atoms with Gasteiger partial charge in [-0.3, -0.25) is 0 Å². The Morgan fingerprint density at radius 2 is 1.95 bits per heavy atom. The second-order valence-corrected chi connectivity index (χ2v) is 5.48. The van der Waals surface area contributed by atoms with Gasteiger partial charge in [-0.05, 0) is 36.1 Å². The normalized spacial score (nSPS) is 15.4. The molecule has 0 spiro atoms. The van der Waals surface area contributed by atoms with Gasteiger partial charge in [-0.1, -0.05) is 44.2 Å². The Balaban J connectivity index is 1.86. The lowest BCUT2D eigenvalue weighted by Gasteiger charge is -2.31. The van der Waals surface area contributed by atoms with Crippen molar-refractivity contribution in [2.24, 2.45) is 0 Å². The first-order valence-corrected chi connectivity index (χ1v) is 7.33. The molecule has 0 N–H and O–H groups in total. The lowest BCUT2D eigenvalue weighted by molar-refractivity contribution is 0.289. The largest absolute Gasteiger partial charge is 0.473 e. The molecule has 0 saturated carbocycles. The van der Waals surface area contributed by atoms with Crippen LogP contribution in [-0.4, -0.2) is 6.73 Å². The number of hydrogen-bond acceptors (Lipinski definition) is 2. The molecule has 0 aliphatic carbocycles. The average Bonchev–Trinajstić information content (AvgIpc) is 2.54. The zero-order chi connectivity index (χ0) is 13.9. The molecular formula is C18H21NO. The minimum Gasteiger partial charge on any atom is -0.473 e. The third-order valence-electron chi connectivity index (χ3n) is 4.12. The van der Waals surface area contributed by atoms with Crippen LogP contribution in [-0.2, 0) is 6.54 Å². The van der Waals surface area contributed by atoms with Crippen molar-refractivity contribution in [1.82, 2.24) is 0 Å². The first-order valence-electron chi connectivity index (χ1n) is 7.33. The van der Waals surface area contributed by atoms with Crippen molar-refractivity contribution in [1.29, 1.82) is 0 Å². The molecule has 1 atom stereocenters. The predicted octanol–water partition coefficient (Wildman–Crippen LogP) is 4.56. The Labute approximate surface area is 121 Å². The van der Waals surface area contributed by atoms with E-state index in [9.17, 15) is 0 Å². The molecule has 0 saturated heterocycles. The van der Waals surface area contributed by atoms with Gasteiger partial charge in [0, 0.05) is 17.8 Å². The van der Waals surface area contributed by atoms with E-state index in [-0.39, 0.29) is 0 Å². The molecule has 0 radical (unpaired) electrons. The van der Waals surface area contributed by atoms with Gasteiger partial charge >= 0.3 is 0 Å². The van der Waals surface area contributed by atoms with E-state index < -0.39 is 0 Å². The van der Waals surface area contributed by atoms with Gasteiger partial charge in [-0.2, -0.15) is 0 Å². The summed E-state index contributed by atoms with van der Waals surface area (Å²) in [7, 11) is 0. The second-order valence-electron chi connectivity index (χ2n) is 5.48. The van der Waals surface area contributed by atoms with Gasteiger partial charge in [0.25, 0.3) is 0 Å². The molecule has 3 rings (SSSR count). The van der Waals surface area contributed by atoms with Crippen LogP contribution >= 0.6 is 0 Å². The lowest BCUT2D eigenvalue weighted by atomic mass is 9.96. The number of para-hydroxylation sites is 1. The monoisotopic (exact) mass is 267 g/mol. The maximum atomic E-state index is 5.88. The summed E-state index contributed by atoms with van der Waals surface area (Å²) in [5.41, 5.74) is 3.91. The Kier molecular flexibility index (Phi) is 3.64. The van der Waals surface area contributed by atoms with E-state index in [1.54, 1.807) is 0 Å². The molecule has 2 heteroatoms. The van der Waals surface area contributed by atoms with Crippen LogP contribution in [0.2, 0.25) is 0 Å². The van der Waals surface area contributed by atoms with E-state index in [0.29, 0.717) is 12.6 Å². The van der Waals surface area contributed by atoms with E-state index in [1.807, 2.05) is 6.07 Å². The first-order chi connectivity index (χ1) is 9.78. The summed E-state index contributed by atoms with van der Waals surface area (Å²) in [5, 5.41) is 0. The Hall–Kier alpha value is -1.96. The van der Waals surface area contributed by atoms with Gasteiger partial charge in [0.15, 0.2) is 6.73 Å². The van der Waals surface area contributed by atoms with Crippen LogP contribution in [0.5, 0.6) is 5.75 Å². The zero-order valence-electron chi connectivity index (χ0n) is 12.2. The number of anilines is 1. The molecule has 1 aliphatic rings. The molecule has 2 nitrogen and oxygen atoms in total. The third kappa shape index (κ3) is 2.51. The van der Waals surface area contributed by atoms with Crippen LogP contribution in [0.4, 0.5) is 5.69 Å². The molecule has 0 bridgehead atoms. The number of nitrogens with zero attached hydrogens (tertiary/aromatic N) is 1. The standard InChI is InChI=1S/C18H21NO/c1-3-14(2)15-9-10-18-16(11-15)12-19(13-20-18)17-7-5-4-6-8-17/h4-11,14H,3,12-13H2,1-2H3. The van der Waals surface area contributed by atoms with Gasteiger partial charge in [0.05, 0.1) is 0 Å². The highest BCUT2D eigenvalue weighted by molar-refractivity contribution is 5.50. The van der Waals surface area contributed by atoms with Gasteiger partial charge in [0.1, 0.15) is 5.75 Å². The number of fused-ring (bicyclic) bond motifs is 1. The quantitative estimate of drug-likeness (QED) is 0.808. The maximum absolute atomic E-state index is 5.88. The Bertz CT molecular complexity index is 579. The van der Waals surface area contributed by atoms with Gasteiger partial charge < -0.3 is 9.64 Å². The maximum Gasteiger partial charge on any atom is 0.161 e. The highest BCUT2D eigenvalue weighted by atomic mass is 16.5. The van der Waals surface area contributed by atoms with Gasteiger partial charge in [0.2, 0.25) is 0 Å². The zero-order valence-corrected chi connectivity index (χ0v) is 12.2. The van der Waals surface area contributed by atoms with Crippen LogP contribution in [0.3, 0.4) is 0 Å². The van der Waals surface area contributed by atoms with E-state index in [2.05, 4.69) is 61.2 Å². The molecule has 1 heterocycles. The van der Waals surface area contributed by atoms with Crippen LogP contribution in [0.15, 0.2) is 48.5 Å². The van der Waals surface area contributed by atoms with E-state index >= 15 is 0 Å². The van der Waals surface area contributed by atoms with Gasteiger partial charge in [-0.25, -0.2) is 0 Å². The van der Waals surface area contributed by atoms with Crippen LogP contribution in [0.1, 0.15) is 37.3 Å². The number of benzene rings is 2. The fraction of sp³-hybridized carbons (Fsp3) is 0.333. The third-order valence-corrected chi connectivity index (χ3v) is 4.12. The minimum absolute atomic E-state index is 0.604. The van der Waals surface area contributed by atoms with E-state index in [1.165, 1.54) is 23.2 Å². The van der Waals surface area contributed by atoms with Crippen molar-refractivity contribution in [3.05, 3.63) is 59.7 Å². The van der Waals surface area contributed by atoms with Crippen molar-refractivity contribution in [2.75, 3.05) is 11.6 Å². The van der Waals surface area contributed by atoms with Crippen LogP contribution in [0.25, 0.3) is 0 Å². The molecule has 104 valence electrons. The van der Waals surface area contributed by atoms with Gasteiger partial charge in [-0.15, -0.1) is 0 Å². The molecule has 2 aromatic rings. The van der Waals surface area contributed by atoms with Crippen molar-refractivity contribution in [3.8, 4) is 5.75 Å². The summed E-state index contributed by atoms with van der Waals surface area (Å²) < 4.78 is 5.88. The lowest BCUT2D eigenvalue weighted by Crippen LogP contribution is -2.31. The number of rotatable bonds is 3. The molecule has 20 heavy (non-hydrogen) atoms. The molecule has 1 unspecified atom stereocenters. The second kappa shape index (κ2) is 5.58. The molecular weight excluding hydrogens is 246 g/mol. The summed E-state index contributed by atoms with van der Waals surface area (Å²) >= 11 is 0. The number of ether oxygens (including phenoxy) is 1. The summed E-state index contributed by atoms with van der Waals surface area (Å²) in [4.78, 5) is 2.27. The first kappa shape index (κ1) is 13.0. The molecule has 1 aliphatic heterocycles. The summed E-state index contributed by atoms with van der Waals surface area (Å²) in [6.07, 6.45) is 1.17. The van der Waals surface area contributed by atoms with Crippen LogP contribution < -0.4 is 9.64 Å². The average molecular weight is 267 g/mol. The summed E-state index contributed by atoms with van der Waals surface area (Å²) in [6, 6.07) is 17.1. The smallest absolute Gasteiger partial charge is 0.161 e. The highest BCUT2D eigenvalue weighted by Gasteiger charge is 2.18.